The van der Waals surface area contributed by atoms with Crippen molar-refractivity contribution in [2.45, 2.75) is 25.7 Å². The van der Waals surface area contributed by atoms with Crippen molar-refractivity contribution in [2.75, 3.05) is 32.6 Å². The number of esters is 1. The largest absolute Gasteiger partial charge is 0.461 e. The number of aromatic nitrogens is 1. The van der Waals surface area contributed by atoms with E-state index in [1.807, 2.05) is 13.8 Å². The number of carbonyl (C=O) groups is 2. The van der Waals surface area contributed by atoms with E-state index in [1.165, 1.54) is 32.3 Å². The Kier molecular flexibility index (Phi) is 7.50. The number of nitrogens with zero attached hydrogens (tertiary/aromatic N) is 2. The smallest absolute Gasteiger partial charge is 0.350 e. The van der Waals surface area contributed by atoms with Crippen molar-refractivity contribution in [3.63, 3.8) is 0 Å². The molecule has 0 radical (unpaired) electrons. The molecule has 0 atom stereocenters. The number of carbonyl (C=O) groups excluding carboxylic acids is 2. The number of ketones is 1. The first-order valence-corrected chi connectivity index (χ1v) is 11.2. The van der Waals surface area contributed by atoms with Gasteiger partial charge in [0.15, 0.2) is 10.9 Å². The molecule has 1 N–H and O–H groups in total. The maximum Gasteiger partial charge on any atom is 0.350 e. The lowest BCUT2D eigenvalue weighted by molar-refractivity contribution is 0.0463. The molecule has 0 aliphatic heterocycles. The molecule has 29 heavy (non-hydrogen) atoms. The molecule has 158 valence electrons. The summed E-state index contributed by atoms with van der Waals surface area (Å²) in [4.78, 5) is 29.3. The lowest BCUT2D eigenvalue weighted by atomic mass is 10.1. The fraction of sp³-hybridized carbons (Fsp3) is 0.421. The van der Waals surface area contributed by atoms with Gasteiger partial charge in [0.2, 0.25) is 10.0 Å². The van der Waals surface area contributed by atoms with Crippen LogP contribution in [0.25, 0.3) is 0 Å². The van der Waals surface area contributed by atoms with E-state index in [1.54, 1.807) is 13.0 Å². The van der Waals surface area contributed by atoms with Gasteiger partial charge < -0.3 is 10.1 Å². The molecule has 10 heteroatoms. The lowest BCUT2D eigenvalue weighted by Crippen LogP contribution is -2.22. The van der Waals surface area contributed by atoms with Gasteiger partial charge >= 0.3 is 5.97 Å². The first-order chi connectivity index (χ1) is 13.5. The van der Waals surface area contributed by atoms with Gasteiger partial charge in [0.05, 0.1) is 23.7 Å². The van der Waals surface area contributed by atoms with Gasteiger partial charge in [-0.05, 0) is 25.0 Å². The molecule has 0 aliphatic carbocycles. The second-order valence-corrected chi connectivity index (χ2v) is 10.2. The van der Waals surface area contributed by atoms with Crippen molar-refractivity contribution in [2.24, 2.45) is 5.92 Å². The van der Waals surface area contributed by atoms with Gasteiger partial charge in [-0.1, -0.05) is 37.3 Å². The zero-order valence-corrected chi connectivity index (χ0v) is 18.7. The monoisotopic (exact) mass is 439 g/mol. The fourth-order valence-electron chi connectivity index (χ4n) is 2.27. The number of Topliss-reactive ketones (excluding diaryl/α,β-unsaturated/α-hetero) is 1. The van der Waals surface area contributed by atoms with Crippen LogP contribution in [0.15, 0.2) is 29.2 Å². The van der Waals surface area contributed by atoms with Crippen LogP contribution in [0, 0.1) is 12.8 Å². The van der Waals surface area contributed by atoms with Crippen molar-refractivity contribution in [1.29, 1.82) is 0 Å². The van der Waals surface area contributed by atoms with Gasteiger partial charge in [0.1, 0.15) is 4.88 Å². The summed E-state index contributed by atoms with van der Waals surface area (Å²) in [5, 5.41) is 3.32. The Hall–Kier alpha value is -2.30. The first kappa shape index (κ1) is 23.0. The van der Waals surface area contributed by atoms with Gasteiger partial charge in [-0.25, -0.2) is 22.5 Å². The molecule has 2 rings (SSSR count). The molecule has 8 nitrogen and oxygen atoms in total. The summed E-state index contributed by atoms with van der Waals surface area (Å²) in [5.41, 5.74) is 0.794. The number of hydrogen-bond acceptors (Lipinski definition) is 8. The molecule has 0 bridgehead atoms. The molecule has 0 amide bonds. The van der Waals surface area contributed by atoms with Crippen LogP contribution in [0.5, 0.6) is 0 Å². The minimum Gasteiger partial charge on any atom is -0.461 e. The summed E-state index contributed by atoms with van der Waals surface area (Å²) >= 11 is 1.12. The number of nitrogens with one attached hydrogen (secondary N) is 1. The van der Waals surface area contributed by atoms with E-state index < -0.39 is 16.0 Å². The van der Waals surface area contributed by atoms with E-state index in [9.17, 15) is 18.0 Å². The minimum absolute atomic E-state index is 0.0497. The van der Waals surface area contributed by atoms with Crippen LogP contribution in [0.4, 0.5) is 5.13 Å². The highest BCUT2D eigenvalue weighted by Crippen LogP contribution is 2.24. The van der Waals surface area contributed by atoms with Crippen LogP contribution in [0.2, 0.25) is 0 Å². The Morgan fingerprint density at radius 3 is 2.59 bits per heavy atom. The van der Waals surface area contributed by atoms with Crippen LogP contribution in [-0.2, 0) is 14.8 Å². The SMILES string of the molecule is Cc1nc(NCC(=O)c2cccc(S(=O)(=O)N(C)C)c2)sc1C(=O)OCC(C)C. The number of aryl methyl sites for hydroxylation is 1. The van der Waals surface area contributed by atoms with E-state index >= 15 is 0 Å². The number of benzene rings is 1. The highest BCUT2D eigenvalue weighted by molar-refractivity contribution is 7.89. The van der Waals surface area contributed by atoms with Gasteiger partial charge in [0, 0.05) is 19.7 Å². The maximum absolute atomic E-state index is 12.5. The minimum atomic E-state index is -3.62. The highest BCUT2D eigenvalue weighted by Gasteiger charge is 2.20. The lowest BCUT2D eigenvalue weighted by Gasteiger charge is -2.12. The van der Waals surface area contributed by atoms with E-state index in [4.69, 9.17) is 4.74 Å². The molecule has 0 unspecified atom stereocenters. The second kappa shape index (κ2) is 9.47. The van der Waals surface area contributed by atoms with Crippen molar-refractivity contribution in [3.8, 4) is 0 Å². The topological polar surface area (TPSA) is 106 Å². The van der Waals surface area contributed by atoms with Gasteiger partial charge in [0.25, 0.3) is 0 Å². The number of sulfonamides is 1. The summed E-state index contributed by atoms with van der Waals surface area (Å²) in [6.07, 6.45) is 0. The van der Waals surface area contributed by atoms with Crippen molar-refractivity contribution in [3.05, 3.63) is 40.4 Å². The summed E-state index contributed by atoms with van der Waals surface area (Å²) in [6, 6.07) is 5.88. The molecule has 0 aliphatic rings. The van der Waals surface area contributed by atoms with Gasteiger partial charge in [-0.3, -0.25) is 4.79 Å². The van der Waals surface area contributed by atoms with E-state index in [2.05, 4.69) is 10.3 Å². The normalized spacial score (nSPS) is 11.7. The van der Waals surface area contributed by atoms with Gasteiger partial charge in [-0.15, -0.1) is 0 Å². The van der Waals surface area contributed by atoms with Crippen molar-refractivity contribution < 1.29 is 22.7 Å². The molecule has 0 fully saturated rings. The first-order valence-electron chi connectivity index (χ1n) is 8.96. The van der Waals surface area contributed by atoms with E-state index in [-0.39, 0.29) is 28.7 Å². The number of hydrogen-bond donors (Lipinski definition) is 1. The number of anilines is 1. The molecular weight excluding hydrogens is 414 g/mol. The van der Waals surface area contributed by atoms with Crippen molar-refractivity contribution >= 4 is 38.2 Å². The molecule has 0 saturated carbocycles. The standard InChI is InChI=1S/C19H25N3O5S2/c1-12(2)11-27-18(24)17-13(3)21-19(28-17)20-10-16(23)14-7-6-8-15(9-14)29(25,26)22(4)5/h6-9,12H,10-11H2,1-5H3,(H,20,21). The molecule has 0 saturated heterocycles. The molecule has 1 aromatic heterocycles. The fourth-order valence-corrected chi connectivity index (χ4v) is 4.07. The van der Waals surface area contributed by atoms with E-state index in [0.29, 0.717) is 22.3 Å². The maximum atomic E-state index is 12.5. The Morgan fingerprint density at radius 2 is 1.97 bits per heavy atom. The number of rotatable bonds is 9. The summed E-state index contributed by atoms with van der Waals surface area (Å²) < 4.78 is 30.8. The van der Waals surface area contributed by atoms with Gasteiger partial charge in [-0.2, -0.15) is 0 Å². The van der Waals surface area contributed by atoms with Crippen LogP contribution >= 0.6 is 11.3 Å². The Balaban J connectivity index is 2.07. The third-order valence-corrected chi connectivity index (χ3v) is 6.77. The molecule has 1 heterocycles. The summed E-state index contributed by atoms with van der Waals surface area (Å²) in [7, 11) is -0.764. The van der Waals surface area contributed by atoms with Crippen LogP contribution in [-0.4, -0.2) is 56.7 Å². The number of ether oxygens (including phenoxy) is 1. The predicted molar refractivity (Wildman–Crippen MR) is 112 cm³/mol. The zero-order chi connectivity index (χ0) is 21.8. The second-order valence-electron chi connectivity index (χ2n) is 7.02. The Labute approximate surface area is 175 Å². The third kappa shape index (κ3) is 5.84. The average Bonchev–Trinajstić information content (AvgIpc) is 3.04. The highest BCUT2D eigenvalue weighted by atomic mass is 32.2. The molecule has 2 aromatic rings. The van der Waals surface area contributed by atoms with E-state index in [0.717, 1.165) is 15.6 Å². The Morgan fingerprint density at radius 1 is 1.28 bits per heavy atom. The Bertz CT molecular complexity index is 997. The molecular formula is C19H25N3O5S2. The quantitative estimate of drug-likeness (QED) is 0.473. The summed E-state index contributed by atoms with van der Waals surface area (Å²) in [5.74, 6) is -0.498. The van der Waals surface area contributed by atoms with Crippen molar-refractivity contribution in [1.82, 2.24) is 9.29 Å². The third-order valence-electron chi connectivity index (χ3n) is 3.86. The van der Waals surface area contributed by atoms with Crippen LogP contribution in [0.1, 0.15) is 39.6 Å². The average molecular weight is 440 g/mol. The molecule has 0 spiro atoms. The number of thiazole rings is 1. The predicted octanol–water partition coefficient (Wildman–Crippen LogP) is 2.81. The molecule has 1 aromatic carbocycles. The zero-order valence-electron chi connectivity index (χ0n) is 17.1. The van der Waals surface area contributed by atoms with Crippen LogP contribution < -0.4 is 5.32 Å². The van der Waals surface area contributed by atoms with Crippen LogP contribution in [0.3, 0.4) is 0 Å². The summed E-state index contributed by atoms with van der Waals surface area (Å²) in [6.45, 7) is 5.84.